The highest BCUT2D eigenvalue weighted by atomic mass is 32.2. The number of amidine groups is 1. The van der Waals surface area contributed by atoms with Crippen LogP contribution in [0.4, 0.5) is 0 Å². The van der Waals surface area contributed by atoms with Crippen molar-refractivity contribution in [3.05, 3.63) is 35.9 Å². The Bertz CT molecular complexity index is 884. The maximum absolute atomic E-state index is 12.6. The number of sulfone groups is 1. The quantitative estimate of drug-likeness (QED) is 0.774. The second kappa shape index (κ2) is 6.62. The van der Waals surface area contributed by atoms with Crippen molar-refractivity contribution < 1.29 is 13.2 Å². The van der Waals surface area contributed by atoms with Crippen molar-refractivity contribution in [3.8, 4) is 0 Å². The first kappa shape index (κ1) is 17.7. The lowest BCUT2D eigenvalue weighted by Crippen LogP contribution is -2.47. The van der Waals surface area contributed by atoms with Crippen molar-refractivity contribution >= 4 is 32.7 Å². The van der Waals surface area contributed by atoms with Crippen LogP contribution in [0.15, 0.2) is 35.3 Å². The largest absolute Gasteiger partial charge is 0.343 e. The highest BCUT2D eigenvalue weighted by molar-refractivity contribution is 8.15. The van der Waals surface area contributed by atoms with E-state index in [1.54, 1.807) is 0 Å². The number of carbonyl (C=O) groups is 1. The van der Waals surface area contributed by atoms with E-state index in [9.17, 15) is 13.2 Å². The van der Waals surface area contributed by atoms with Crippen LogP contribution in [0.3, 0.4) is 0 Å². The fourth-order valence-corrected chi connectivity index (χ4v) is 9.44. The molecular weight excluding hydrogens is 380 g/mol. The van der Waals surface area contributed by atoms with Gasteiger partial charge in [0.15, 0.2) is 15.0 Å². The fraction of sp³-hybridized carbons (Fsp3) is 0.600. The number of aliphatic imine (C=N–C) groups is 1. The predicted molar refractivity (Wildman–Crippen MR) is 107 cm³/mol. The van der Waals surface area contributed by atoms with Crippen LogP contribution >= 0.6 is 11.8 Å². The Morgan fingerprint density at radius 1 is 1.11 bits per heavy atom. The molecule has 0 spiro atoms. The van der Waals surface area contributed by atoms with Crippen molar-refractivity contribution in [2.24, 2.45) is 16.8 Å². The van der Waals surface area contributed by atoms with E-state index in [0.29, 0.717) is 18.4 Å². The zero-order chi connectivity index (χ0) is 18.6. The standard InChI is InChI=1S/C20H24N2O3S2/c23-19(10-13-4-2-1-3-5-13)21-20-22(16-9-14-6-7-15(16)8-14)17-11-27(24,25)12-18(17)26-20/h1-5,14-18H,6-12H2/t14-,15-,16-,17+,18+/m0/s1. The van der Waals surface area contributed by atoms with Crippen molar-refractivity contribution in [2.45, 2.75) is 49.4 Å². The molecule has 2 aliphatic carbocycles. The van der Waals surface area contributed by atoms with Gasteiger partial charge in [-0.15, -0.1) is 0 Å². The molecule has 27 heavy (non-hydrogen) atoms. The molecular formula is C20H24N2O3S2. The third kappa shape index (κ3) is 3.33. The first-order chi connectivity index (χ1) is 13.0. The fourth-order valence-electron chi connectivity index (χ4n) is 5.45. The van der Waals surface area contributed by atoms with Gasteiger partial charge in [0, 0.05) is 11.3 Å². The summed E-state index contributed by atoms with van der Waals surface area (Å²) in [4.78, 5) is 19.3. The van der Waals surface area contributed by atoms with Gasteiger partial charge >= 0.3 is 0 Å². The van der Waals surface area contributed by atoms with Crippen molar-refractivity contribution in [1.82, 2.24) is 4.90 Å². The van der Waals surface area contributed by atoms with Gasteiger partial charge in [-0.25, -0.2) is 8.42 Å². The molecule has 1 amide bonds. The molecule has 0 unspecified atom stereocenters. The lowest BCUT2D eigenvalue weighted by atomic mass is 9.93. The molecule has 7 heteroatoms. The molecule has 0 N–H and O–H groups in total. The zero-order valence-electron chi connectivity index (χ0n) is 15.2. The molecule has 144 valence electrons. The molecule has 5 atom stereocenters. The minimum Gasteiger partial charge on any atom is -0.343 e. The van der Waals surface area contributed by atoms with Crippen LogP contribution in [0, 0.1) is 11.8 Å². The Labute approximate surface area is 164 Å². The lowest BCUT2D eigenvalue weighted by molar-refractivity contribution is -0.117. The van der Waals surface area contributed by atoms with Crippen molar-refractivity contribution in [1.29, 1.82) is 0 Å². The molecule has 2 heterocycles. The summed E-state index contributed by atoms with van der Waals surface area (Å²) < 4.78 is 24.4. The average molecular weight is 405 g/mol. The Kier molecular flexibility index (Phi) is 4.35. The van der Waals surface area contributed by atoms with Crippen LogP contribution in [0.5, 0.6) is 0 Å². The summed E-state index contributed by atoms with van der Waals surface area (Å²) >= 11 is 1.52. The van der Waals surface area contributed by atoms with Gasteiger partial charge in [0.1, 0.15) is 0 Å². The molecule has 5 rings (SSSR count). The Hall–Kier alpha value is -1.34. The van der Waals surface area contributed by atoms with Gasteiger partial charge in [0.05, 0.1) is 24.0 Å². The number of hydrogen-bond donors (Lipinski definition) is 0. The van der Waals surface area contributed by atoms with E-state index >= 15 is 0 Å². The summed E-state index contributed by atoms with van der Waals surface area (Å²) in [6, 6.07) is 10.0. The molecule has 2 saturated heterocycles. The van der Waals surface area contributed by atoms with E-state index in [4.69, 9.17) is 0 Å². The number of benzene rings is 1. The van der Waals surface area contributed by atoms with E-state index in [0.717, 1.165) is 23.1 Å². The SMILES string of the molecule is O=C(Cc1ccccc1)N=C1S[C@@H]2CS(=O)(=O)C[C@H]2N1[C@H]1C[C@H]2CC[C@H]1C2. The van der Waals surface area contributed by atoms with Gasteiger partial charge < -0.3 is 4.90 Å². The Morgan fingerprint density at radius 2 is 1.93 bits per heavy atom. The van der Waals surface area contributed by atoms with Crippen LogP contribution in [0.2, 0.25) is 0 Å². The molecule has 5 nitrogen and oxygen atoms in total. The van der Waals surface area contributed by atoms with E-state index in [-0.39, 0.29) is 28.7 Å². The highest BCUT2D eigenvalue weighted by Crippen LogP contribution is 2.51. The molecule has 1 aromatic rings. The molecule has 4 aliphatic rings. The molecule has 2 aliphatic heterocycles. The topological polar surface area (TPSA) is 66.8 Å². The van der Waals surface area contributed by atoms with E-state index in [1.807, 2.05) is 30.3 Å². The van der Waals surface area contributed by atoms with Crippen LogP contribution in [-0.2, 0) is 21.1 Å². The van der Waals surface area contributed by atoms with Gasteiger partial charge in [0.25, 0.3) is 5.91 Å². The minimum absolute atomic E-state index is 0.00683. The number of amides is 1. The Balaban J connectivity index is 1.41. The van der Waals surface area contributed by atoms with E-state index < -0.39 is 9.84 Å². The van der Waals surface area contributed by atoms with E-state index in [1.165, 1.54) is 31.0 Å². The second-order valence-electron chi connectivity index (χ2n) is 8.40. The minimum atomic E-state index is -2.98. The summed E-state index contributed by atoms with van der Waals surface area (Å²) in [5.41, 5.74) is 0.962. The van der Waals surface area contributed by atoms with Gasteiger partial charge in [0.2, 0.25) is 0 Å². The number of hydrogen-bond acceptors (Lipinski definition) is 4. The summed E-state index contributed by atoms with van der Waals surface area (Å²) in [5.74, 6) is 1.69. The number of nitrogens with zero attached hydrogens (tertiary/aromatic N) is 2. The van der Waals surface area contributed by atoms with Crippen LogP contribution < -0.4 is 0 Å². The van der Waals surface area contributed by atoms with Crippen LogP contribution in [0.1, 0.15) is 31.2 Å². The molecule has 1 aromatic carbocycles. The van der Waals surface area contributed by atoms with Gasteiger partial charge in [-0.1, -0.05) is 48.5 Å². The van der Waals surface area contributed by atoms with Crippen molar-refractivity contribution in [3.63, 3.8) is 0 Å². The summed E-state index contributed by atoms with van der Waals surface area (Å²) in [6.45, 7) is 0. The van der Waals surface area contributed by atoms with E-state index in [2.05, 4.69) is 9.89 Å². The normalized spacial score (nSPS) is 37.9. The Morgan fingerprint density at radius 3 is 2.63 bits per heavy atom. The van der Waals surface area contributed by atoms with Crippen molar-refractivity contribution in [2.75, 3.05) is 11.5 Å². The first-order valence-electron chi connectivity index (χ1n) is 9.79. The number of fused-ring (bicyclic) bond motifs is 3. The van der Waals surface area contributed by atoms with Gasteiger partial charge in [-0.2, -0.15) is 4.99 Å². The lowest BCUT2D eigenvalue weighted by Gasteiger charge is -2.36. The summed E-state index contributed by atoms with van der Waals surface area (Å²) in [7, 11) is -2.98. The van der Waals surface area contributed by atoms with Crippen LogP contribution in [-0.4, -0.2) is 53.2 Å². The highest BCUT2D eigenvalue weighted by Gasteiger charge is 2.54. The predicted octanol–water partition coefficient (Wildman–Crippen LogP) is 2.51. The summed E-state index contributed by atoms with van der Waals surface area (Å²) in [5, 5.41) is 0.802. The smallest absolute Gasteiger partial charge is 0.252 e. The third-order valence-corrected chi connectivity index (χ3v) is 9.81. The molecule has 0 radical (unpaired) electrons. The molecule has 2 bridgehead atoms. The molecule has 0 aromatic heterocycles. The third-order valence-electron chi connectivity index (χ3n) is 6.58. The number of rotatable bonds is 3. The summed E-state index contributed by atoms with van der Waals surface area (Å²) in [6.07, 6.45) is 5.20. The zero-order valence-corrected chi connectivity index (χ0v) is 16.8. The number of thioether (sulfide) groups is 1. The first-order valence-corrected chi connectivity index (χ1v) is 12.5. The molecule has 4 fully saturated rings. The second-order valence-corrected chi connectivity index (χ2v) is 11.8. The van der Waals surface area contributed by atoms with Gasteiger partial charge in [-0.3, -0.25) is 4.79 Å². The number of carbonyl (C=O) groups excluding carboxylic acids is 1. The van der Waals surface area contributed by atoms with Crippen LogP contribution in [0.25, 0.3) is 0 Å². The maximum Gasteiger partial charge on any atom is 0.252 e. The molecule has 2 saturated carbocycles. The maximum atomic E-state index is 12.6. The average Bonchev–Trinajstić information content (AvgIpc) is 3.35. The van der Waals surface area contributed by atoms with Gasteiger partial charge in [-0.05, 0) is 36.7 Å². The monoisotopic (exact) mass is 404 g/mol.